The normalized spacial score (nSPS) is 11.1. The first-order valence-corrected chi connectivity index (χ1v) is 6.81. The van der Waals surface area contributed by atoms with E-state index in [-0.39, 0.29) is 5.75 Å². The third kappa shape index (κ3) is 2.97. The van der Waals surface area contributed by atoms with Gasteiger partial charge in [0.25, 0.3) is 0 Å². The lowest BCUT2D eigenvalue weighted by Gasteiger charge is -2.02. The molecule has 0 unspecified atom stereocenters. The molecule has 0 bridgehead atoms. The van der Waals surface area contributed by atoms with Crippen LogP contribution in [0.5, 0.6) is 5.75 Å². The molecule has 0 radical (unpaired) electrons. The quantitative estimate of drug-likeness (QED) is 0.798. The number of hydrogen-bond donors (Lipinski definition) is 1. The molecule has 92 valence electrons. The van der Waals surface area contributed by atoms with Gasteiger partial charge in [-0.1, -0.05) is 12.1 Å². The Morgan fingerprint density at radius 1 is 1.22 bits per heavy atom. The Labute approximate surface area is 122 Å². The van der Waals surface area contributed by atoms with E-state index in [0.29, 0.717) is 11.4 Å². The number of aromatic nitrogens is 1. The van der Waals surface area contributed by atoms with E-state index in [9.17, 15) is 5.11 Å². The van der Waals surface area contributed by atoms with Crippen molar-refractivity contribution in [1.82, 2.24) is 4.98 Å². The van der Waals surface area contributed by atoms with Crippen molar-refractivity contribution in [2.45, 2.75) is 6.92 Å². The summed E-state index contributed by atoms with van der Waals surface area (Å²) in [5.74, 6) is 0.783. The number of aromatic hydroxyl groups is 1. The van der Waals surface area contributed by atoms with Crippen LogP contribution in [-0.4, -0.2) is 16.3 Å². The van der Waals surface area contributed by atoms with Gasteiger partial charge in [0, 0.05) is 16.3 Å². The third-order valence-corrected chi connectivity index (χ3v) is 3.74. The maximum Gasteiger partial charge on any atom is 0.166 e. The Hall–Kier alpha value is -1.20. The zero-order chi connectivity index (χ0) is 13.1. The minimum atomic E-state index is 0.200. The molecular formula is C13H10Br2N2O. The fourth-order valence-electron chi connectivity index (χ4n) is 1.36. The van der Waals surface area contributed by atoms with Crippen LogP contribution in [0.15, 0.2) is 44.3 Å². The van der Waals surface area contributed by atoms with E-state index in [0.717, 1.165) is 14.6 Å². The van der Waals surface area contributed by atoms with Crippen LogP contribution in [0.3, 0.4) is 0 Å². The van der Waals surface area contributed by atoms with Crippen molar-refractivity contribution in [3.8, 4) is 5.75 Å². The maximum atomic E-state index is 9.63. The maximum absolute atomic E-state index is 9.63. The highest BCUT2D eigenvalue weighted by Gasteiger charge is 2.04. The largest absolute Gasteiger partial charge is 0.507 e. The smallest absolute Gasteiger partial charge is 0.166 e. The van der Waals surface area contributed by atoms with Crippen molar-refractivity contribution in [1.29, 1.82) is 0 Å². The predicted octanol–water partition coefficient (Wildman–Crippen LogP) is 4.37. The monoisotopic (exact) mass is 368 g/mol. The van der Waals surface area contributed by atoms with Gasteiger partial charge in [0.05, 0.1) is 10.2 Å². The summed E-state index contributed by atoms with van der Waals surface area (Å²) in [5.41, 5.74) is 1.52. The minimum Gasteiger partial charge on any atom is -0.507 e. The molecule has 0 saturated carbocycles. The average molecular weight is 370 g/mol. The Bertz CT molecular complexity index is 612. The van der Waals surface area contributed by atoms with Crippen LogP contribution in [0.2, 0.25) is 0 Å². The number of phenols is 1. The molecule has 2 aromatic rings. The Morgan fingerprint density at radius 2 is 1.94 bits per heavy atom. The fraction of sp³-hybridized carbons (Fsp3) is 0.0769. The van der Waals surface area contributed by atoms with Crippen molar-refractivity contribution in [2.24, 2.45) is 4.99 Å². The molecule has 2 rings (SSSR count). The number of halogens is 2. The summed E-state index contributed by atoms with van der Waals surface area (Å²) < 4.78 is 1.72. The minimum absolute atomic E-state index is 0.200. The zero-order valence-corrected chi connectivity index (χ0v) is 12.7. The lowest BCUT2D eigenvalue weighted by Crippen LogP contribution is -1.86. The molecule has 0 spiro atoms. The average Bonchev–Trinajstić information content (AvgIpc) is 2.34. The summed E-state index contributed by atoms with van der Waals surface area (Å²) in [5, 5.41) is 9.63. The van der Waals surface area contributed by atoms with E-state index in [1.54, 1.807) is 24.4 Å². The molecule has 1 heterocycles. The highest BCUT2D eigenvalue weighted by molar-refractivity contribution is 9.11. The number of pyridine rings is 1. The number of benzene rings is 1. The predicted molar refractivity (Wildman–Crippen MR) is 79.7 cm³/mol. The highest BCUT2D eigenvalue weighted by atomic mass is 79.9. The van der Waals surface area contributed by atoms with Crippen molar-refractivity contribution in [3.63, 3.8) is 0 Å². The summed E-state index contributed by atoms with van der Waals surface area (Å²) in [6.07, 6.45) is 1.59. The van der Waals surface area contributed by atoms with Gasteiger partial charge in [-0.05, 0) is 57.0 Å². The molecule has 0 aliphatic rings. The Balaban J connectivity index is 2.35. The van der Waals surface area contributed by atoms with Gasteiger partial charge in [0.1, 0.15) is 5.75 Å². The molecule has 1 aromatic carbocycles. The fourth-order valence-corrected chi connectivity index (χ4v) is 2.41. The molecule has 0 aliphatic carbocycles. The summed E-state index contributed by atoms with van der Waals surface area (Å²) >= 11 is 6.81. The molecule has 0 fully saturated rings. The van der Waals surface area contributed by atoms with E-state index in [2.05, 4.69) is 41.8 Å². The van der Waals surface area contributed by atoms with Gasteiger partial charge in [-0.2, -0.15) is 0 Å². The first kappa shape index (κ1) is 13.2. The molecule has 1 N–H and O–H groups in total. The van der Waals surface area contributed by atoms with E-state index >= 15 is 0 Å². The van der Waals surface area contributed by atoms with Crippen LogP contribution in [0.1, 0.15) is 11.3 Å². The van der Waals surface area contributed by atoms with E-state index in [1.165, 1.54) is 0 Å². The van der Waals surface area contributed by atoms with Crippen molar-refractivity contribution < 1.29 is 5.11 Å². The second kappa shape index (κ2) is 5.63. The second-order valence-electron chi connectivity index (χ2n) is 3.68. The molecular weight excluding hydrogens is 360 g/mol. The summed E-state index contributed by atoms with van der Waals surface area (Å²) in [6, 6.07) is 8.93. The van der Waals surface area contributed by atoms with Gasteiger partial charge < -0.3 is 5.11 Å². The molecule has 5 heteroatoms. The lowest BCUT2D eigenvalue weighted by molar-refractivity contribution is 0.474. The van der Waals surface area contributed by atoms with Crippen LogP contribution in [0.4, 0.5) is 5.82 Å². The van der Waals surface area contributed by atoms with Crippen LogP contribution in [0.25, 0.3) is 0 Å². The highest BCUT2D eigenvalue weighted by Crippen LogP contribution is 2.28. The van der Waals surface area contributed by atoms with Crippen LogP contribution in [-0.2, 0) is 0 Å². The standard InChI is InChI=1S/C13H10Br2N2O/c1-8-10(14)6-11(15)13(17-8)16-7-9-4-2-3-5-12(9)18/h2-7,18H,1H3/b16-7+. The molecule has 0 atom stereocenters. The van der Waals surface area contributed by atoms with Crippen molar-refractivity contribution in [3.05, 3.63) is 50.5 Å². The number of hydrogen-bond acceptors (Lipinski definition) is 3. The molecule has 3 nitrogen and oxygen atoms in total. The van der Waals surface area contributed by atoms with E-state index < -0.39 is 0 Å². The van der Waals surface area contributed by atoms with Crippen molar-refractivity contribution >= 4 is 43.9 Å². The SMILES string of the molecule is Cc1nc(/N=C/c2ccccc2O)c(Br)cc1Br. The lowest BCUT2D eigenvalue weighted by atomic mass is 10.2. The van der Waals surface area contributed by atoms with Gasteiger partial charge in [-0.3, -0.25) is 0 Å². The summed E-state index contributed by atoms with van der Waals surface area (Å²) in [6.45, 7) is 1.90. The van der Waals surface area contributed by atoms with Gasteiger partial charge in [0.2, 0.25) is 0 Å². The van der Waals surface area contributed by atoms with Gasteiger partial charge >= 0.3 is 0 Å². The number of aliphatic imine (C=N–C) groups is 1. The van der Waals surface area contributed by atoms with Gasteiger partial charge in [-0.15, -0.1) is 0 Å². The molecule has 0 aliphatic heterocycles. The molecule has 0 saturated heterocycles. The Morgan fingerprint density at radius 3 is 2.67 bits per heavy atom. The first-order valence-electron chi connectivity index (χ1n) is 5.22. The van der Waals surface area contributed by atoms with Gasteiger partial charge in [-0.25, -0.2) is 9.98 Å². The number of para-hydroxylation sites is 1. The molecule has 18 heavy (non-hydrogen) atoms. The topological polar surface area (TPSA) is 45.5 Å². The summed E-state index contributed by atoms with van der Waals surface area (Å²) in [4.78, 5) is 8.62. The number of rotatable bonds is 2. The Kier molecular flexibility index (Phi) is 4.14. The number of phenolic OH excluding ortho intramolecular Hbond substituents is 1. The molecule has 1 aromatic heterocycles. The first-order chi connectivity index (χ1) is 8.58. The van der Waals surface area contributed by atoms with Crippen LogP contribution >= 0.6 is 31.9 Å². The van der Waals surface area contributed by atoms with Crippen LogP contribution < -0.4 is 0 Å². The van der Waals surface area contributed by atoms with Gasteiger partial charge in [0.15, 0.2) is 5.82 Å². The zero-order valence-electron chi connectivity index (χ0n) is 9.56. The van der Waals surface area contributed by atoms with Crippen molar-refractivity contribution in [2.75, 3.05) is 0 Å². The number of nitrogens with zero attached hydrogens (tertiary/aromatic N) is 2. The van der Waals surface area contributed by atoms with E-state index in [1.807, 2.05) is 19.1 Å². The summed E-state index contributed by atoms with van der Waals surface area (Å²) in [7, 11) is 0. The number of aryl methyl sites for hydroxylation is 1. The molecule has 0 amide bonds. The third-order valence-electron chi connectivity index (χ3n) is 2.35. The van der Waals surface area contributed by atoms with Crippen LogP contribution in [0, 0.1) is 6.92 Å². The van der Waals surface area contributed by atoms with E-state index in [4.69, 9.17) is 0 Å². The second-order valence-corrected chi connectivity index (χ2v) is 5.39.